The number of aromatic amines is 1. The zero-order valence-corrected chi connectivity index (χ0v) is 14.4. The van der Waals surface area contributed by atoms with Crippen molar-refractivity contribution in [1.29, 1.82) is 0 Å². The molecule has 3 heterocycles. The van der Waals surface area contributed by atoms with Gasteiger partial charge in [0.15, 0.2) is 9.84 Å². The Labute approximate surface area is 143 Å². The molecule has 3 rings (SSSR count). The van der Waals surface area contributed by atoms with Gasteiger partial charge in [0.1, 0.15) is 10.8 Å². The van der Waals surface area contributed by atoms with Crippen molar-refractivity contribution in [2.75, 3.05) is 11.5 Å². The van der Waals surface area contributed by atoms with Gasteiger partial charge in [-0.1, -0.05) is 11.6 Å². The van der Waals surface area contributed by atoms with Crippen LogP contribution in [-0.4, -0.2) is 46.8 Å². The minimum atomic E-state index is -3.03. The second kappa shape index (κ2) is 6.40. The Morgan fingerprint density at radius 3 is 3.00 bits per heavy atom. The summed E-state index contributed by atoms with van der Waals surface area (Å²) < 4.78 is 24.8. The lowest BCUT2D eigenvalue weighted by Gasteiger charge is -2.09. The molecule has 1 saturated heterocycles. The zero-order chi connectivity index (χ0) is 17.3. The number of hydrazone groups is 1. The smallest absolute Gasteiger partial charge is 0.287 e. The van der Waals surface area contributed by atoms with Crippen LogP contribution in [0.1, 0.15) is 34.2 Å². The molecule has 0 bridgehead atoms. The van der Waals surface area contributed by atoms with Crippen LogP contribution in [0.25, 0.3) is 0 Å². The molecule has 1 aliphatic heterocycles. The number of amides is 1. The molecule has 0 aromatic carbocycles. The number of halogens is 1. The Hall–Kier alpha value is -2.13. The summed E-state index contributed by atoms with van der Waals surface area (Å²) in [5.41, 5.74) is 3.94. The number of hydrogen-bond acceptors (Lipinski definition) is 5. The maximum absolute atomic E-state index is 11.8. The fourth-order valence-corrected chi connectivity index (χ4v) is 4.63. The van der Waals surface area contributed by atoms with Gasteiger partial charge in [0.05, 0.1) is 35.0 Å². The predicted octanol–water partition coefficient (Wildman–Crippen LogP) is 1.30. The van der Waals surface area contributed by atoms with Crippen LogP contribution < -0.4 is 5.43 Å². The summed E-state index contributed by atoms with van der Waals surface area (Å²) in [4.78, 5) is 14.5. The second-order valence-corrected chi connectivity index (χ2v) is 8.16. The number of carbonyl (C=O) groups is 1. The highest BCUT2D eigenvalue weighted by Gasteiger charge is 2.31. The highest BCUT2D eigenvalue weighted by atomic mass is 35.5. The molecule has 24 heavy (non-hydrogen) atoms. The molecule has 1 aliphatic rings. The van der Waals surface area contributed by atoms with Crippen LogP contribution in [0.15, 0.2) is 23.4 Å². The molecule has 128 valence electrons. The quantitative estimate of drug-likeness (QED) is 0.625. The molecule has 10 heteroatoms. The van der Waals surface area contributed by atoms with Gasteiger partial charge in [0.25, 0.3) is 5.91 Å². The number of carbonyl (C=O) groups excluding carboxylic acids is 1. The molecule has 0 unspecified atom stereocenters. The van der Waals surface area contributed by atoms with Crippen LogP contribution in [0.5, 0.6) is 0 Å². The minimum Gasteiger partial charge on any atom is -0.357 e. The summed E-state index contributed by atoms with van der Waals surface area (Å²) in [6.45, 7) is 1.75. The molecule has 8 nitrogen and oxygen atoms in total. The first kappa shape index (κ1) is 16.7. The van der Waals surface area contributed by atoms with E-state index in [0.29, 0.717) is 28.5 Å². The van der Waals surface area contributed by atoms with Gasteiger partial charge < -0.3 is 4.98 Å². The van der Waals surface area contributed by atoms with E-state index in [4.69, 9.17) is 11.6 Å². The van der Waals surface area contributed by atoms with E-state index in [1.165, 1.54) is 10.9 Å². The van der Waals surface area contributed by atoms with Gasteiger partial charge in [0.2, 0.25) is 0 Å². The van der Waals surface area contributed by atoms with Crippen LogP contribution in [-0.2, 0) is 9.84 Å². The largest absolute Gasteiger partial charge is 0.357 e. The van der Waals surface area contributed by atoms with Gasteiger partial charge in [0, 0.05) is 6.20 Å². The van der Waals surface area contributed by atoms with Crippen molar-refractivity contribution in [1.82, 2.24) is 20.2 Å². The number of nitrogens with one attached hydrogen (secondary N) is 2. The molecule has 1 amide bonds. The topological polar surface area (TPSA) is 109 Å². The molecule has 0 saturated carbocycles. The second-order valence-electron chi connectivity index (χ2n) is 5.57. The number of H-pyrrole nitrogens is 1. The van der Waals surface area contributed by atoms with E-state index in [-0.39, 0.29) is 23.5 Å². The maximum atomic E-state index is 11.8. The Bertz CT molecular complexity index is 886. The maximum Gasteiger partial charge on any atom is 0.287 e. The highest BCUT2D eigenvalue weighted by molar-refractivity contribution is 7.91. The van der Waals surface area contributed by atoms with Gasteiger partial charge in [-0.3, -0.25) is 4.79 Å². The summed E-state index contributed by atoms with van der Waals surface area (Å²) in [6.07, 6.45) is 3.54. The van der Waals surface area contributed by atoms with Gasteiger partial charge in [-0.2, -0.15) is 10.2 Å². The predicted molar refractivity (Wildman–Crippen MR) is 90.1 cm³/mol. The number of hydrogen-bond donors (Lipinski definition) is 2. The molecule has 1 atom stereocenters. The standard InChI is InChI=1S/C14H16ClN5O3S/c1-9-11(7-17-18-14(21)12-3-2-5-16-12)13(15)20(19-9)10-4-6-24(22,23)8-10/h2-3,5,7,10,16H,4,6,8H2,1H3,(H,18,21)/b17-7-/t10-/m1/s1. The molecular formula is C14H16ClN5O3S. The van der Waals surface area contributed by atoms with Crippen molar-refractivity contribution in [2.24, 2.45) is 5.10 Å². The third-order valence-electron chi connectivity index (χ3n) is 3.83. The number of nitrogens with zero attached hydrogens (tertiary/aromatic N) is 3. The van der Waals surface area contributed by atoms with Crippen LogP contribution in [0, 0.1) is 6.92 Å². The zero-order valence-electron chi connectivity index (χ0n) is 12.9. The first-order chi connectivity index (χ1) is 11.4. The Morgan fingerprint density at radius 2 is 2.38 bits per heavy atom. The molecule has 0 aliphatic carbocycles. The molecule has 0 spiro atoms. The summed E-state index contributed by atoms with van der Waals surface area (Å²) in [7, 11) is -3.03. The molecule has 2 aromatic heterocycles. The van der Waals surface area contributed by atoms with Crippen LogP contribution >= 0.6 is 11.6 Å². The number of aromatic nitrogens is 3. The first-order valence-corrected chi connectivity index (χ1v) is 9.49. The number of rotatable bonds is 4. The van der Waals surface area contributed by atoms with Crippen molar-refractivity contribution in [3.63, 3.8) is 0 Å². The summed E-state index contributed by atoms with van der Waals surface area (Å²) in [6, 6.07) is 3.07. The van der Waals surface area contributed by atoms with Crippen molar-refractivity contribution >= 4 is 33.6 Å². The summed E-state index contributed by atoms with van der Waals surface area (Å²) in [5, 5.41) is 8.52. The third kappa shape index (κ3) is 3.36. The number of aryl methyl sites for hydroxylation is 1. The van der Waals surface area contributed by atoms with Gasteiger partial charge in [-0.25, -0.2) is 18.5 Å². The van der Waals surface area contributed by atoms with E-state index in [9.17, 15) is 13.2 Å². The molecule has 0 radical (unpaired) electrons. The first-order valence-electron chi connectivity index (χ1n) is 7.29. The van der Waals surface area contributed by atoms with Gasteiger partial charge in [-0.15, -0.1) is 0 Å². The molecular weight excluding hydrogens is 354 g/mol. The van der Waals surface area contributed by atoms with E-state index >= 15 is 0 Å². The minimum absolute atomic E-state index is 0.0357. The Balaban J connectivity index is 1.75. The van der Waals surface area contributed by atoms with E-state index in [0.717, 1.165) is 0 Å². The fraction of sp³-hybridized carbons (Fsp3) is 0.357. The van der Waals surface area contributed by atoms with E-state index in [1.54, 1.807) is 25.3 Å². The van der Waals surface area contributed by atoms with Crippen LogP contribution in [0.2, 0.25) is 5.15 Å². The van der Waals surface area contributed by atoms with Crippen LogP contribution in [0.4, 0.5) is 0 Å². The average molecular weight is 370 g/mol. The third-order valence-corrected chi connectivity index (χ3v) is 5.95. The Morgan fingerprint density at radius 1 is 1.58 bits per heavy atom. The van der Waals surface area contributed by atoms with Crippen molar-refractivity contribution in [3.05, 3.63) is 40.4 Å². The van der Waals surface area contributed by atoms with Gasteiger partial charge >= 0.3 is 0 Å². The van der Waals surface area contributed by atoms with Crippen molar-refractivity contribution in [2.45, 2.75) is 19.4 Å². The van der Waals surface area contributed by atoms with Crippen LogP contribution in [0.3, 0.4) is 0 Å². The van der Waals surface area contributed by atoms with E-state index < -0.39 is 9.84 Å². The monoisotopic (exact) mass is 369 g/mol. The van der Waals surface area contributed by atoms with Crippen molar-refractivity contribution < 1.29 is 13.2 Å². The lowest BCUT2D eigenvalue weighted by Crippen LogP contribution is -2.17. The van der Waals surface area contributed by atoms with E-state index in [2.05, 4.69) is 20.6 Å². The molecule has 1 fully saturated rings. The highest BCUT2D eigenvalue weighted by Crippen LogP contribution is 2.29. The summed E-state index contributed by atoms with van der Waals surface area (Å²) in [5.74, 6) is -0.199. The lowest BCUT2D eigenvalue weighted by molar-refractivity contribution is 0.0951. The average Bonchev–Trinajstić information content (AvgIpc) is 3.22. The van der Waals surface area contributed by atoms with E-state index in [1.807, 2.05) is 0 Å². The summed E-state index contributed by atoms with van der Waals surface area (Å²) >= 11 is 6.31. The SMILES string of the molecule is Cc1nn([C@@H]2CCS(=O)(=O)C2)c(Cl)c1/C=N\NC(=O)c1ccc[nH]1. The lowest BCUT2D eigenvalue weighted by atomic mass is 10.2. The normalized spacial score (nSPS) is 19.8. The fourth-order valence-electron chi connectivity index (χ4n) is 2.58. The Kier molecular flexibility index (Phi) is 4.46. The van der Waals surface area contributed by atoms with Crippen molar-refractivity contribution in [3.8, 4) is 0 Å². The van der Waals surface area contributed by atoms with Gasteiger partial charge in [-0.05, 0) is 25.5 Å². The molecule has 2 N–H and O–H groups in total. The molecule has 2 aromatic rings. The number of sulfone groups is 1.